The first-order valence-corrected chi connectivity index (χ1v) is 9.01. The Labute approximate surface area is 170 Å². The number of oxazole rings is 1. The number of carbonyl (C=O) groups is 1. The van der Waals surface area contributed by atoms with Crippen molar-refractivity contribution in [2.24, 2.45) is 0 Å². The van der Waals surface area contributed by atoms with E-state index >= 15 is 0 Å². The molecule has 0 atom stereocenters. The highest BCUT2D eigenvalue weighted by atomic mass is 35.5. The summed E-state index contributed by atoms with van der Waals surface area (Å²) in [5.74, 6) is 0.00616. The molecule has 0 radical (unpaired) electrons. The van der Waals surface area contributed by atoms with E-state index in [1.807, 2.05) is 25.1 Å². The first-order chi connectivity index (χ1) is 13.9. The van der Waals surface area contributed by atoms with Gasteiger partial charge < -0.3 is 9.73 Å². The maximum Gasteiger partial charge on any atom is 0.288 e. The molecule has 0 unspecified atom stereocenters. The molecular formula is C21H14ClN3O4. The highest BCUT2D eigenvalue weighted by molar-refractivity contribution is 6.32. The summed E-state index contributed by atoms with van der Waals surface area (Å²) in [6.45, 7) is 1.99. The van der Waals surface area contributed by atoms with Gasteiger partial charge in [0.1, 0.15) is 10.5 Å². The Balaban J connectivity index is 1.54. The van der Waals surface area contributed by atoms with Crippen molar-refractivity contribution in [3.8, 4) is 11.5 Å². The van der Waals surface area contributed by atoms with E-state index < -0.39 is 10.8 Å². The fraction of sp³-hybridized carbons (Fsp3) is 0.0476. The molecule has 0 aliphatic carbocycles. The average molecular weight is 408 g/mol. The van der Waals surface area contributed by atoms with Crippen molar-refractivity contribution in [1.29, 1.82) is 0 Å². The Bertz CT molecular complexity index is 1250. The monoisotopic (exact) mass is 407 g/mol. The summed E-state index contributed by atoms with van der Waals surface area (Å²) < 4.78 is 5.77. The third-order valence-corrected chi connectivity index (χ3v) is 4.66. The van der Waals surface area contributed by atoms with Gasteiger partial charge in [-0.1, -0.05) is 17.7 Å². The number of halogens is 1. The van der Waals surface area contributed by atoms with Crippen LogP contribution in [0.4, 0.5) is 11.4 Å². The fourth-order valence-electron chi connectivity index (χ4n) is 2.85. The van der Waals surface area contributed by atoms with Crippen molar-refractivity contribution in [3.05, 3.63) is 86.9 Å². The van der Waals surface area contributed by atoms with Crippen LogP contribution in [0.15, 0.2) is 65.1 Å². The number of carbonyl (C=O) groups excluding carboxylic acids is 1. The van der Waals surface area contributed by atoms with Crippen molar-refractivity contribution in [2.75, 3.05) is 5.32 Å². The lowest BCUT2D eigenvalue weighted by Gasteiger charge is -2.06. The summed E-state index contributed by atoms with van der Waals surface area (Å²) in [4.78, 5) is 27.2. The van der Waals surface area contributed by atoms with Crippen molar-refractivity contribution in [1.82, 2.24) is 4.98 Å². The third kappa shape index (κ3) is 3.81. The second-order valence-electron chi connectivity index (χ2n) is 6.44. The van der Waals surface area contributed by atoms with Crippen LogP contribution in [0.2, 0.25) is 5.02 Å². The summed E-state index contributed by atoms with van der Waals surface area (Å²) in [5.41, 5.74) is 3.69. The summed E-state index contributed by atoms with van der Waals surface area (Å²) >= 11 is 5.78. The lowest BCUT2D eigenvalue weighted by Crippen LogP contribution is -2.12. The van der Waals surface area contributed by atoms with Crippen molar-refractivity contribution in [3.63, 3.8) is 0 Å². The smallest absolute Gasteiger partial charge is 0.288 e. The zero-order valence-corrected chi connectivity index (χ0v) is 15.9. The van der Waals surface area contributed by atoms with E-state index in [1.54, 1.807) is 24.3 Å². The van der Waals surface area contributed by atoms with Gasteiger partial charge in [0.05, 0.1) is 4.92 Å². The third-order valence-electron chi connectivity index (χ3n) is 4.34. The number of benzene rings is 3. The lowest BCUT2D eigenvalue weighted by atomic mass is 10.1. The number of fused-ring (bicyclic) bond motifs is 1. The normalized spacial score (nSPS) is 10.8. The predicted octanol–water partition coefficient (Wildman–Crippen LogP) is 5.62. The van der Waals surface area contributed by atoms with E-state index in [9.17, 15) is 14.9 Å². The standard InChI is InChI=1S/C21H14ClN3O4/c1-12-2-9-19-17(10-12)24-21(29-19)13-3-6-15(7-4-13)23-20(26)14-5-8-16(22)18(11-14)25(27)28/h2-11H,1H3,(H,23,26). The van der Waals surface area contributed by atoms with Gasteiger partial charge in [0, 0.05) is 22.9 Å². The van der Waals surface area contributed by atoms with Gasteiger partial charge in [0.25, 0.3) is 11.6 Å². The lowest BCUT2D eigenvalue weighted by molar-refractivity contribution is -0.384. The molecule has 144 valence electrons. The topological polar surface area (TPSA) is 98.3 Å². The number of nitro groups is 1. The van der Waals surface area contributed by atoms with Gasteiger partial charge in [-0.2, -0.15) is 0 Å². The quantitative estimate of drug-likeness (QED) is 0.350. The minimum Gasteiger partial charge on any atom is -0.436 e. The fourth-order valence-corrected chi connectivity index (χ4v) is 3.04. The Hall–Kier alpha value is -3.71. The highest BCUT2D eigenvalue weighted by Crippen LogP contribution is 2.27. The van der Waals surface area contributed by atoms with Gasteiger partial charge in [-0.3, -0.25) is 14.9 Å². The van der Waals surface area contributed by atoms with E-state index in [-0.39, 0.29) is 16.3 Å². The Morgan fingerprint density at radius 3 is 2.59 bits per heavy atom. The van der Waals surface area contributed by atoms with Gasteiger partial charge in [-0.05, 0) is 61.0 Å². The minimum absolute atomic E-state index is 0.0237. The number of hydrogen-bond acceptors (Lipinski definition) is 5. The van der Waals surface area contributed by atoms with Gasteiger partial charge in [0.2, 0.25) is 5.89 Å². The van der Waals surface area contributed by atoms with E-state index in [2.05, 4.69) is 10.3 Å². The summed E-state index contributed by atoms with van der Waals surface area (Å²) in [6.07, 6.45) is 0. The Kier molecular flexibility index (Phi) is 4.74. The van der Waals surface area contributed by atoms with Crippen LogP contribution in [-0.2, 0) is 0 Å². The van der Waals surface area contributed by atoms with Crippen molar-refractivity contribution < 1.29 is 14.1 Å². The maximum absolute atomic E-state index is 12.4. The molecule has 1 aromatic heterocycles. The first kappa shape index (κ1) is 18.6. The van der Waals surface area contributed by atoms with Crippen LogP contribution in [0.5, 0.6) is 0 Å². The molecule has 4 rings (SSSR count). The summed E-state index contributed by atoms with van der Waals surface area (Å²) in [5, 5.41) is 13.7. The molecule has 3 aromatic carbocycles. The van der Waals surface area contributed by atoms with Crippen LogP contribution in [0.25, 0.3) is 22.6 Å². The molecule has 4 aromatic rings. The van der Waals surface area contributed by atoms with Crippen LogP contribution >= 0.6 is 11.6 Å². The van der Waals surface area contributed by atoms with Crippen LogP contribution < -0.4 is 5.32 Å². The predicted molar refractivity (Wildman–Crippen MR) is 110 cm³/mol. The molecule has 0 saturated carbocycles. The first-order valence-electron chi connectivity index (χ1n) is 8.63. The zero-order chi connectivity index (χ0) is 20.5. The van der Waals surface area contributed by atoms with E-state index in [1.165, 1.54) is 12.1 Å². The van der Waals surface area contributed by atoms with Crippen LogP contribution in [-0.4, -0.2) is 15.8 Å². The number of hydrogen-bond donors (Lipinski definition) is 1. The van der Waals surface area contributed by atoms with Crippen molar-refractivity contribution >= 4 is 40.0 Å². The summed E-state index contributed by atoms with van der Waals surface area (Å²) in [7, 11) is 0. The number of nitrogens with one attached hydrogen (secondary N) is 1. The molecule has 8 heteroatoms. The molecule has 0 aliphatic heterocycles. The molecule has 0 fully saturated rings. The summed E-state index contributed by atoms with van der Waals surface area (Å²) in [6, 6.07) is 16.6. The molecule has 1 N–H and O–H groups in total. The van der Waals surface area contributed by atoms with E-state index in [0.29, 0.717) is 17.2 Å². The van der Waals surface area contributed by atoms with Gasteiger partial charge in [0.15, 0.2) is 5.58 Å². The second kappa shape index (κ2) is 7.37. The van der Waals surface area contributed by atoms with Crippen LogP contribution in [0.1, 0.15) is 15.9 Å². The van der Waals surface area contributed by atoms with Gasteiger partial charge in [-0.25, -0.2) is 4.98 Å². The molecular weight excluding hydrogens is 394 g/mol. The molecule has 1 heterocycles. The molecule has 1 amide bonds. The largest absolute Gasteiger partial charge is 0.436 e. The molecule has 0 spiro atoms. The number of aryl methyl sites for hydroxylation is 1. The SMILES string of the molecule is Cc1ccc2oc(-c3ccc(NC(=O)c4ccc(Cl)c([N+](=O)[O-])c4)cc3)nc2c1. The molecule has 0 bridgehead atoms. The molecule has 7 nitrogen and oxygen atoms in total. The zero-order valence-electron chi connectivity index (χ0n) is 15.2. The van der Waals surface area contributed by atoms with Gasteiger partial charge in [-0.15, -0.1) is 0 Å². The van der Waals surface area contributed by atoms with Crippen LogP contribution in [0.3, 0.4) is 0 Å². The number of nitrogens with zero attached hydrogens (tertiary/aromatic N) is 2. The Morgan fingerprint density at radius 1 is 1.10 bits per heavy atom. The maximum atomic E-state index is 12.4. The molecule has 29 heavy (non-hydrogen) atoms. The van der Waals surface area contributed by atoms with Crippen LogP contribution in [0, 0.1) is 17.0 Å². The van der Waals surface area contributed by atoms with E-state index in [4.69, 9.17) is 16.0 Å². The Morgan fingerprint density at radius 2 is 1.86 bits per heavy atom. The molecule has 0 saturated heterocycles. The highest BCUT2D eigenvalue weighted by Gasteiger charge is 2.16. The van der Waals surface area contributed by atoms with Crippen molar-refractivity contribution in [2.45, 2.75) is 6.92 Å². The number of rotatable bonds is 4. The minimum atomic E-state index is -0.629. The van der Waals surface area contributed by atoms with Gasteiger partial charge >= 0.3 is 0 Å². The number of anilines is 1. The molecule has 0 aliphatic rings. The number of nitro benzene ring substituents is 1. The average Bonchev–Trinajstić information content (AvgIpc) is 3.11. The number of amides is 1. The number of aromatic nitrogens is 1. The van der Waals surface area contributed by atoms with E-state index in [0.717, 1.165) is 22.7 Å². The second-order valence-corrected chi connectivity index (χ2v) is 6.85.